The van der Waals surface area contributed by atoms with E-state index in [9.17, 15) is 12.8 Å². The van der Waals surface area contributed by atoms with Gasteiger partial charge < -0.3 is 4.74 Å². The Hall–Kier alpha value is -1.49. The molecule has 1 aliphatic heterocycles. The summed E-state index contributed by atoms with van der Waals surface area (Å²) in [6, 6.07) is 6.69. The summed E-state index contributed by atoms with van der Waals surface area (Å²) in [7, 11) is -3.72. The van der Waals surface area contributed by atoms with Crippen LogP contribution in [0.25, 0.3) is 0 Å². The third-order valence-electron chi connectivity index (χ3n) is 3.41. The predicted molar refractivity (Wildman–Crippen MR) is 74.3 cm³/mol. The summed E-state index contributed by atoms with van der Waals surface area (Å²) < 4.78 is 44.7. The molecule has 1 fully saturated rings. The largest absolute Gasteiger partial charge is 0.381 e. The number of hydrogen-bond acceptors (Lipinski definition) is 4. The summed E-state index contributed by atoms with van der Waals surface area (Å²) >= 11 is 0. The normalized spacial score (nSPS) is 18.8. The molecule has 21 heavy (non-hydrogen) atoms. The Morgan fingerprint density at radius 2 is 2.10 bits per heavy atom. The molecule has 1 unspecified atom stereocenters. The molecule has 0 amide bonds. The van der Waals surface area contributed by atoms with Crippen LogP contribution in [0.15, 0.2) is 29.2 Å². The molecule has 1 saturated heterocycles. The highest BCUT2D eigenvalue weighted by Gasteiger charge is 2.28. The Kier molecular flexibility index (Phi) is 5.28. The molecule has 0 aromatic heterocycles. The van der Waals surface area contributed by atoms with E-state index < -0.39 is 15.8 Å². The van der Waals surface area contributed by atoms with Gasteiger partial charge in [-0.2, -0.15) is 9.57 Å². The monoisotopic (exact) mass is 312 g/mol. The van der Waals surface area contributed by atoms with Crippen LogP contribution in [0.3, 0.4) is 0 Å². The van der Waals surface area contributed by atoms with E-state index in [0.717, 1.165) is 18.6 Å². The summed E-state index contributed by atoms with van der Waals surface area (Å²) in [5.41, 5.74) is 0. The number of nitriles is 1. The van der Waals surface area contributed by atoms with Crippen LogP contribution in [0, 0.1) is 23.1 Å². The summed E-state index contributed by atoms with van der Waals surface area (Å²) in [6.07, 6.45) is 0.927. The van der Waals surface area contributed by atoms with Gasteiger partial charge in [-0.25, -0.2) is 12.8 Å². The van der Waals surface area contributed by atoms with Crippen LogP contribution in [0.2, 0.25) is 0 Å². The number of ether oxygens (including phenoxy) is 1. The van der Waals surface area contributed by atoms with Crippen LogP contribution < -0.4 is 0 Å². The van der Waals surface area contributed by atoms with Crippen molar-refractivity contribution in [2.45, 2.75) is 17.7 Å². The number of hydrogen-bond donors (Lipinski definition) is 0. The maximum Gasteiger partial charge on any atom is 0.243 e. The van der Waals surface area contributed by atoms with Gasteiger partial charge >= 0.3 is 0 Å². The Balaban J connectivity index is 2.20. The summed E-state index contributed by atoms with van der Waals surface area (Å²) in [5, 5.41) is 8.70. The molecule has 1 heterocycles. The molecule has 5 nitrogen and oxygen atoms in total. The van der Waals surface area contributed by atoms with Gasteiger partial charge in [-0.1, -0.05) is 0 Å². The van der Waals surface area contributed by atoms with E-state index >= 15 is 0 Å². The van der Waals surface area contributed by atoms with Gasteiger partial charge in [-0.15, -0.1) is 0 Å². The van der Waals surface area contributed by atoms with Crippen LogP contribution in [0.4, 0.5) is 4.39 Å². The van der Waals surface area contributed by atoms with E-state index in [1.54, 1.807) is 0 Å². The molecular formula is C14H17FN2O3S. The highest BCUT2D eigenvalue weighted by Crippen LogP contribution is 2.21. The Morgan fingerprint density at radius 1 is 1.38 bits per heavy atom. The fourth-order valence-electron chi connectivity index (χ4n) is 2.26. The van der Waals surface area contributed by atoms with Crippen molar-refractivity contribution in [3.63, 3.8) is 0 Å². The smallest absolute Gasteiger partial charge is 0.243 e. The van der Waals surface area contributed by atoms with Gasteiger partial charge in [-0.3, -0.25) is 0 Å². The van der Waals surface area contributed by atoms with Gasteiger partial charge in [-0.05, 0) is 36.6 Å². The van der Waals surface area contributed by atoms with E-state index in [1.807, 2.05) is 6.07 Å². The molecule has 1 aromatic carbocycles. The predicted octanol–water partition coefficient (Wildman–Crippen LogP) is 1.77. The van der Waals surface area contributed by atoms with Crippen molar-refractivity contribution in [2.24, 2.45) is 5.92 Å². The summed E-state index contributed by atoms with van der Waals surface area (Å²) in [4.78, 5) is 0.0424. The zero-order chi connectivity index (χ0) is 15.3. The molecule has 0 aliphatic carbocycles. The molecule has 0 spiro atoms. The van der Waals surface area contributed by atoms with E-state index in [4.69, 9.17) is 10.00 Å². The molecule has 1 atom stereocenters. The summed E-state index contributed by atoms with van der Waals surface area (Å²) in [5.74, 6) is -0.347. The van der Waals surface area contributed by atoms with Crippen molar-refractivity contribution in [3.05, 3.63) is 30.1 Å². The summed E-state index contributed by atoms with van der Waals surface area (Å²) in [6.45, 7) is 1.61. The minimum Gasteiger partial charge on any atom is -0.381 e. The molecule has 0 saturated carbocycles. The number of rotatable bonds is 6. The van der Waals surface area contributed by atoms with Crippen molar-refractivity contribution in [3.8, 4) is 6.07 Å². The molecule has 0 N–H and O–H groups in total. The standard InChI is InChI=1S/C14H17FN2O3S/c15-13-2-4-14(5-3-13)21(18,19)17(8-1-7-16)10-12-6-9-20-11-12/h2-5,12H,1,6,8-11H2. The second-order valence-corrected chi connectivity index (χ2v) is 6.89. The van der Waals surface area contributed by atoms with Crippen LogP contribution in [0.5, 0.6) is 0 Å². The van der Waals surface area contributed by atoms with Gasteiger partial charge in [0.15, 0.2) is 0 Å². The van der Waals surface area contributed by atoms with Crippen molar-refractivity contribution in [1.82, 2.24) is 4.31 Å². The first-order valence-corrected chi connectivity index (χ1v) is 8.18. The zero-order valence-electron chi connectivity index (χ0n) is 11.5. The molecule has 0 radical (unpaired) electrons. The van der Waals surface area contributed by atoms with E-state index in [1.165, 1.54) is 16.4 Å². The lowest BCUT2D eigenvalue weighted by Gasteiger charge is -2.23. The van der Waals surface area contributed by atoms with E-state index in [2.05, 4.69) is 0 Å². The topological polar surface area (TPSA) is 70.4 Å². The van der Waals surface area contributed by atoms with Gasteiger partial charge in [0.05, 0.1) is 17.6 Å². The van der Waals surface area contributed by atoms with Crippen LogP contribution >= 0.6 is 0 Å². The van der Waals surface area contributed by atoms with Crippen LogP contribution in [0.1, 0.15) is 12.8 Å². The molecule has 2 rings (SSSR count). The zero-order valence-corrected chi connectivity index (χ0v) is 12.4. The fraction of sp³-hybridized carbons (Fsp3) is 0.500. The first-order chi connectivity index (χ1) is 10.0. The fourth-order valence-corrected chi connectivity index (χ4v) is 3.77. The second kappa shape index (κ2) is 6.98. The first kappa shape index (κ1) is 15.9. The molecule has 1 aromatic rings. The number of sulfonamides is 1. The molecule has 7 heteroatoms. The van der Waals surface area contributed by atoms with Gasteiger partial charge in [0.25, 0.3) is 0 Å². The average Bonchev–Trinajstić information content (AvgIpc) is 2.96. The SMILES string of the molecule is N#CCCN(CC1CCOC1)S(=O)(=O)c1ccc(F)cc1. The molecule has 114 valence electrons. The van der Waals surface area contributed by atoms with E-state index in [-0.39, 0.29) is 23.8 Å². The van der Waals surface area contributed by atoms with Gasteiger partial charge in [0, 0.05) is 26.1 Å². The third kappa shape index (κ3) is 4.00. The lowest BCUT2D eigenvalue weighted by molar-refractivity contribution is 0.180. The number of nitrogens with zero attached hydrogens (tertiary/aromatic N) is 2. The minimum atomic E-state index is -3.72. The van der Waals surface area contributed by atoms with E-state index in [0.29, 0.717) is 19.8 Å². The molecule has 0 bridgehead atoms. The van der Waals surface area contributed by atoms with Crippen molar-refractivity contribution in [2.75, 3.05) is 26.3 Å². The second-order valence-electron chi connectivity index (χ2n) is 4.95. The van der Waals surface area contributed by atoms with Gasteiger partial charge in [0.2, 0.25) is 10.0 Å². The van der Waals surface area contributed by atoms with Crippen LogP contribution in [-0.4, -0.2) is 39.0 Å². The molecule has 1 aliphatic rings. The Labute approximate surface area is 124 Å². The Morgan fingerprint density at radius 3 is 2.67 bits per heavy atom. The van der Waals surface area contributed by atoms with Gasteiger partial charge in [0.1, 0.15) is 5.82 Å². The van der Waals surface area contributed by atoms with Crippen molar-refractivity contribution < 1.29 is 17.5 Å². The maximum absolute atomic E-state index is 12.9. The average molecular weight is 312 g/mol. The number of benzene rings is 1. The third-order valence-corrected chi connectivity index (χ3v) is 5.29. The first-order valence-electron chi connectivity index (χ1n) is 6.74. The lowest BCUT2D eigenvalue weighted by atomic mass is 10.1. The highest BCUT2D eigenvalue weighted by molar-refractivity contribution is 7.89. The lowest BCUT2D eigenvalue weighted by Crippen LogP contribution is -2.36. The highest BCUT2D eigenvalue weighted by atomic mass is 32.2. The van der Waals surface area contributed by atoms with Crippen molar-refractivity contribution in [1.29, 1.82) is 5.26 Å². The maximum atomic E-state index is 12.9. The minimum absolute atomic E-state index is 0.0424. The quantitative estimate of drug-likeness (QED) is 0.802. The Bertz CT molecular complexity index is 604. The molecular weight excluding hydrogens is 295 g/mol. The number of halogens is 1. The van der Waals surface area contributed by atoms with Crippen molar-refractivity contribution >= 4 is 10.0 Å². The van der Waals surface area contributed by atoms with Crippen LogP contribution in [-0.2, 0) is 14.8 Å².